The minimum Gasteiger partial charge on any atom is -0.491 e. The van der Waals surface area contributed by atoms with Crippen molar-refractivity contribution >= 4 is 27.5 Å². The zero-order valence-electron chi connectivity index (χ0n) is 10.3. The summed E-state index contributed by atoms with van der Waals surface area (Å²) < 4.78 is 12.1. The first-order valence-electron chi connectivity index (χ1n) is 5.95. The summed E-state index contributed by atoms with van der Waals surface area (Å²) in [6.45, 7) is 1.55. The largest absolute Gasteiger partial charge is 0.491 e. The van der Waals surface area contributed by atoms with Crippen LogP contribution >= 0.6 is 27.5 Å². The Morgan fingerprint density at radius 2 is 1.68 bits per heavy atom. The Bertz CT molecular complexity index is 514. The van der Waals surface area contributed by atoms with Gasteiger partial charge in [-0.25, -0.2) is 0 Å². The van der Waals surface area contributed by atoms with Crippen LogP contribution in [0.1, 0.15) is 5.56 Å². The Hall–Kier alpha value is -1.03. The molecule has 0 aliphatic heterocycles. The van der Waals surface area contributed by atoms with E-state index >= 15 is 0 Å². The molecule has 0 radical (unpaired) electrons. The van der Waals surface area contributed by atoms with Gasteiger partial charge in [0.1, 0.15) is 12.4 Å². The molecular formula is C15H14BrClO2. The second-order valence-corrected chi connectivity index (χ2v) is 5.27. The quantitative estimate of drug-likeness (QED) is 0.709. The van der Waals surface area contributed by atoms with Crippen molar-refractivity contribution in [1.29, 1.82) is 0 Å². The summed E-state index contributed by atoms with van der Waals surface area (Å²) in [6.07, 6.45) is 0. The topological polar surface area (TPSA) is 18.5 Å². The molecule has 100 valence electrons. The highest BCUT2D eigenvalue weighted by molar-refractivity contribution is 9.10. The van der Waals surface area contributed by atoms with Crippen molar-refractivity contribution in [2.45, 2.75) is 6.61 Å². The molecule has 0 fully saturated rings. The van der Waals surface area contributed by atoms with Crippen LogP contribution in [0.15, 0.2) is 53.0 Å². The van der Waals surface area contributed by atoms with E-state index in [1.807, 2.05) is 48.5 Å². The number of hydrogen-bond donors (Lipinski definition) is 0. The average Bonchev–Trinajstić information content (AvgIpc) is 2.42. The van der Waals surface area contributed by atoms with Gasteiger partial charge >= 0.3 is 0 Å². The predicted octanol–water partition coefficient (Wildman–Crippen LogP) is 4.70. The van der Waals surface area contributed by atoms with Gasteiger partial charge in [-0.3, -0.25) is 0 Å². The fraction of sp³-hybridized carbons (Fsp3) is 0.200. The first-order valence-corrected chi connectivity index (χ1v) is 7.12. The van der Waals surface area contributed by atoms with Crippen LogP contribution in [0.4, 0.5) is 0 Å². The summed E-state index contributed by atoms with van der Waals surface area (Å²) in [5, 5.41) is 0.733. The normalized spacial score (nSPS) is 10.4. The Kier molecular flexibility index (Phi) is 5.70. The minimum absolute atomic E-state index is 0.503. The van der Waals surface area contributed by atoms with Crippen molar-refractivity contribution in [2.75, 3.05) is 13.2 Å². The van der Waals surface area contributed by atoms with Gasteiger partial charge in [0, 0.05) is 9.50 Å². The minimum atomic E-state index is 0.503. The SMILES string of the molecule is Clc1ccccc1COCCOc1ccc(Br)cc1. The smallest absolute Gasteiger partial charge is 0.119 e. The summed E-state index contributed by atoms with van der Waals surface area (Å²) in [5.41, 5.74) is 0.993. The van der Waals surface area contributed by atoms with E-state index in [0.717, 1.165) is 20.8 Å². The number of hydrogen-bond acceptors (Lipinski definition) is 2. The molecule has 4 heteroatoms. The van der Waals surface area contributed by atoms with E-state index in [9.17, 15) is 0 Å². The van der Waals surface area contributed by atoms with Crippen LogP contribution in [0, 0.1) is 0 Å². The molecule has 2 aromatic rings. The third kappa shape index (κ3) is 4.86. The molecule has 0 aliphatic carbocycles. The van der Waals surface area contributed by atoms with E-state index in [1.165, 1.54) is 0 Å². The van der Waals surface area contributed by atoms with Gasteiger partial charge < -0.3 is 9.47 Å². The van der Waals surface area contributed by atoms with Crippen molar-refractivity contribution in [3.05, 3.63) is 63.6 Å². The molecule has 0 atom stereocenters. The Balaban J connectivity index is 1.67. The molecule has 19 heavy (non-hydrogen) atoms. The monoisotopic (exact) mass is 340 g/mol. The lowest BCUT2D eigenvalue weighted by molar-refractivity contribution is 0.0889. The van der Waals surface area contributed by atoms with Crippen LogP contribution in [0.25, 0.3) is 0 Å². The molecule has 0 amide bonds. The molecule has 0 bridgehead atoms. The van der Waals surface area contributed by atoms with Crippen molar-refractivity contribution < 1.29 is 9.47 Å². The number of ether oxygens (including phenoxy) is 2. The van der Waals surface area contributed by atoms with Crippen LogP contribution in [-0.4, -0.2) is 13.2 Å². The molecule has 0 saturated carbocycles. The maximum atomic E-state index is 6.03. The zero-order valence-corrected chi connectivity index (χ0v) is 12.7. The molecule has 0 aromatic heterocycles. The lowest BCUT2D eigenvalue weighted by Gasteiger charge is -2.08. The number of halogens is 2. The van der Waals surface area contributed by atoms with E-state index in [2.05, 4.69) is 15.9 Å². The van der Waals surface area contributed by atoms with Gasteiger partial charge in [0.15, 0.2) is 0 Å². The summed E-state index contributed by atoms with van der Waals surface area (Å²) >= 11 is 9.41. The van der Waals surface area contributed by atoms with Crippen LogP contribution in [0.2, 0.25) is 5.02 Å². The van der Waals surface area contributed by atoms with Crippen LogP contribution in [0.3, 0.4) is 0 Å². The molecule has 0 N–H and O–H groups in total. The lowest BCUT2D eigenvalue weighted by atomic mass is 10.2. The molecule has 2 nitrogen and oxygen atoms in total. The summed E-state index contributed by atoms with van der Waals surface area (Å²) in [7, 11) is 0. The van der Waals surface area contributed by atoms with Crippen LogP contribution in [0.5, 0.6) is 5.75 Å². The fourth-order valence-corrected chi connectivity index (χ4v) is 2.00. The molecule has 2 aromatic carbocycles. The highest BCUT2D eigenvalue weighted by Gasteiger charge is 1.99. The Morgan fingerprint density at radius 1 is 0.947 bits per heavy atom. The third-order valence-corrected chi connectivity index (χ3v) is 3.42. The average molecular weight is 342 g/mol. The standard InChI is InChI=1S/C15H14BrClO2/c16-13-5-7-14(8-6-13)19-10-9-18-11-12-3-1-2-4-15(12)17/h1-8H,9-11H2. The highest BCUT2D eigenvalue weighted by Crippen LogP contribution is 2.17. The molecule has 0 saturated heterocycles. The lowest BCUT2D eigenvalue weighted by Crippen LogP contribution is -2.06. The van der Waals surface area contributed by atoms with Crippen molar-refractivity contribution in [3.8, 4) is 5.75 Å². The van der Waals surface area contributed by atoms with E-state index in [0.29, 0.717) is 19.8 Å². The summed E-state index contributed by atoms with van der Waals surface area (Å²) in [6, 6.07) is 15.4. The Labute approximate surface area is 126 Å². The van der Waals surface area contributed by atoms with Gasteiger partial charge in [0.25, 0.3) is 0 Å². The van der Waals surface area contributed by atoms with Crippen LogP contribution < -0.4 is 4.74 Å². The van der Waals surface area contributed by atoms with Crippen molar-refractivity contribution in [3.63, 3.8) is 0 Å². The van der Waals surface area contributed by atoms with Gasteiger partial charge in [-0.2, -0.15) is 0 Å². The molecule has 0 aliphatic rings. The first kappa shape index (κ1) is 14.4. The van der Waals surface area contributed by atoms with E-state index in [-0.39, 0.29) is 0 Å². The summed E-state index contributed by atoms with van der Waals surface area (Å²) in [4.78, 5) is 0. The van der Waals surface area contributed by atoms with Crippen molar-refractivity contribution in [1.82, 2.24) is 0 Å². The number of rotatable bonds is 6. The Morgan fingerprint density at radius 3 is 2.42 bits per heavy atom. The first-order chi connectivity index (χ1) is 9.25. The maximum absolute atomic E-state index is 6.03. The van der Waals surface area contributed by atoms with E-state index < -0.39 is 0 Å². The van der Waals surface area contributed by atoms with E-state index in [1.54, 1.807) is 0 Å². The molecule has 0 heterocycles. The molecule has 0 unspecified atom stereocenters. The van der Waals surface area contributed by atoms with Gasteiger partial charge in [-0.15, -0.1) is 0 Å². The van der Waals surface area contributed by atoms with Gasteiger partial charge in [0.05, 0.1) is 13.2 Å². The molecule has 2 rings (SSSR count). The second-order valence-electron chi connectivity index (χ2n) is 3.95. The summed E-state index contributed by atoms with van der Waals surface area (Å²) in [5.74, 6) is 0.838. The van der Waals surface area contributed by atoms with Gasteiger partial charge in [0.2, 0.25) is 0 Å². The van der Waals surface area contributed by atoms with E-state index in [4.69, 9.17) is 21.1 Å². The zero-order chi connectivity index (χ0) is 13.5. The fourth-order valence-electron chi connectivity index (χ4n) is 1.55. The van der Waals surface area contributed by atoms with Gasteiger partial charge in [-0.1, -0.05) is 45.7 Å². The predicted molar refractivity (Wildman–Crippen MR) is 80.7 cm³/mol. The second kappa shape index (κ2) is 7.53. The van der Waals surface area contributed by atoms with Crippen LogP contribution in [-0.2, 0) is 11.3 Å². The van der Waals surface area contributed by atoms with Gasteiger partial charge in [-0.05, 0) is 35.9 Å². The third-order valence-electron chi connectivity index (χ3n) is 2.53. The maximum Gasteiger partial charge on any atom is 0.119 e. The highest BCUT2D eigenvalue weighted by atomic mass is 79.9. The molecular weight excluding hydrogens is 328 g/mol. The van der Waals surface area contributed by atoms with Crippen molar-refractivity contribution in [2.24, 2.45) is 0 Å². The number of benzene rings is 2. The molecule has 0 spiro atoms.